The summed E-state index contributed by atoms with van der Waals surface area (Å²) in [6.07, 6.45) is 0. The van der Waals surface area contributed by atoms with E-state index in [9.17, 15) is 0 Å². The molecule has 0 heterocycles. The molecule has 1 N–H and O–H groups in total. The van der Waals surface area contributed by atoms with Crippen molar-refractivity contribution in [1.82, 2.24) is 5.32 Å². The van der Waals surface area contributed by atoms with Crippen molar-refractivity contribution >= 4 is 38.5 Å². The molecule has 2 aromatic rings. The van der Waals surface area contributed by atoms with Crippen LogP contribution in [0.3, 0.4) is 0 Å². The second-order valence-electron chi connectivity index (χ2n) is 4.66. The van der Waals surface area contributed by atoms with E-state index in [4.69, 9.17) is 4.74 Å². The Labute approximate surface area is 148 Å². The number of benzene rings is 2. The zero-order chi connectivity index (χ0) is 15.2. The van der Waals surface area contributed by atoms with Gasteiger partial charge in [0.25, 0.3) is 0 Å². The van der Waals surface area contributed by atoms with Crippen molar-refractivity contribution in [2.45, 2.75) is 19.9 Å². The van der Waals surface area contributed by atoms with Gasteiger partial charge in [0.05, 0.1) is 12.6 Å². The highest BCUT2D eigenvalue weighted by molar-refractivity contribution is 14.1. The van der Waals surface area contributed by atoms with E-state index < -0.39 is 0 Å². The fourth-order valence-electron chi connectivity index (χ4n) is 2.33. The smallest absolute Gasteiger partial charge is 0.124 e. The lowest BCUT2D eigenvalue weighted by Crippen LogP contribution is -2.22. The maximum Gasteiger partial charge on any atom is 0.124 e. The monoisotopic (exact) mass is 459 g/mol. The van der Waals surface area contributed by atoms with Gasteiger partial charge < -0.3 is 10.1 Å². The van der Waals surface area contributed by atoms with Crippen LogP contribution in [0.4, 0.5) is 0 Å². The standard InChI is InChI=1S/C17H19BrINO/c1-3-20-17(12-6-5-7-14(19)10-12)15-11-13(18)8-9-16(15)21-4-2/h5-11,17,20H,3-4H2,1-2H3. The van der Waals surface area contributed by atoms with Gasteiger partial charge >= 0.3 is 0 Å². The van der Waals surface area contributed by atoms with E-state index in [-0.39, 0.29) is 6.04 Å². The normalized spacial score (nSPS) is 12.2. The molecule has 0 fully saturated rings. The van der Waals surface area contributed by atoms with E-state index in [0.717, 1.165) is 22.3 Å². The van der Waals surface area contributed by atoms with Crippen LogP contribution in [0.25, 0.3) is 0 Å². The van der Waals surface area contributed by atoms with Crippen molar-refractivity contribution in [3.8, 4) is 5.75 Å². The van der Waals surface area contributed by atoms with Crippen molar-refractivity contribution in [3.05, 3.63) is 61.6 Å². The number of halogens is 2. The van der Waals surface area contributed by atoms with Crippen LogP contribution in [0, 0.1) is 3.57 Å². The lowest BCUT2D eigenvalue weighted by molar-refractivity contribution is 0.333. The third kappa shape index (κ3) is 4.44. The SMILES string of the molecule is CCNC(c1cccc(I)c1)c1cc(Br)ccc1OCC. The average molecular weight is 460 g/mol. The topological polar surface area (TPSA) is 21.3 Å². The van der Waals surface area contributed by atoms with Crippen LogP contribution in [0.15, 0.2) is 46.9 Å². The molecule has 0 aromatic heterocycles. The van der Waals surface area contributed by atoms with Crippen LogP contribution in [0.1, 0.15) is 31.0 Å². The van der Waals surface area contributed by atoms with E-state index in [2.05, 4.69) is 81.1 Å². The van der Waals surface area contributed by atoms with Crippen molar-refractivity contribution in [3.63, 3.8) is 0 Å². The van der Waals surface area contributed by atoms with Gasteiger partial charge in [0.15, 0.2) is 0 Å². The Balaban J connectivity index is 2.49. The Morgan fingerprint density at radius 2 is 2.00 bits per heavy atom. The molecule has 0 aliphatic rings. The molecule has 21 heavy (non-hydrogen) atoms. The molecular formula is C17H19BrINO. The average Bonchev–Trinajstić information content (AvgIpc) is 2.47. The largest absolute Gasteiger partial charge is 0.494 e. The molecule has 112 valence electrons. The Bertz CT molecular complexity index is 603. The molecule has 0 aliphatic carbocycles. The van der Waals surface area contributed by atoms with Gasteiger partial charge in [-0.25, -0.2) is 0 Å². The van der Waals surface area contributed by atoms with E-state index in [1.165, 1.54) is 9.13 Å². The lowest BCUT2D eigenvalue weighted by Gasteiger charge is -2.22. The van der Waals surface area contributed by atoms with E-state index in [0.29, 0.717) is 6.61 Å². The second kappa shape index (κ2) is 8.15. The van der Waals surface area contributed by atoms with E-state index >= 15 is 0 Å². The minimum Gasteiger partial charge on any atom is -0.494 e. The molecule has 4 heteroatoms. The predicted molar refractivity (Wildman–Crippen MR) is 100.0 cm³/mol. The number of rotatable bonds is 6. The van der Waals surface area contributed by atoms with Gasteiger partial charge in [-0.15, -0.1) is 0 Å². The van der Waals surface area contributed by atoms with Gasteiger partial charge in [-0.1, -0.05) is 35.0 Å². The molecule has 2 aromatic carbocycles. The summed E-state index contributed by atoms with van der Waals surface area (Å²) in [5.41, 5.74) is 2.41. The van der Waals surface area contributed by atoms with Crippen molar-refractivity contribution < 1.29 is 4.74 Å². The highest BCUT2D eigenvalue weighted by atomic mass is 127. The number of ether oxygens (including phenoxy) is 1. The summed E-state index contributed by atoms with van der Waals surface area (Å²) in [6, 6.07) is 14.9. The maximum absolute atomic E-state index is 5.81. The molecule has 0 aliphatic heterocycles. The molecule has 0 spiro atoms. The van der Waals surface area contributed by atoms with Crippen molar-refractivity contribution in [2.24, 2.45) is 0 Å². The van der Waals surface area contributed by atoms with E-state index in [1.807, 2.05) is 19.1 Å². The Kier molecular flexibility index (Phi) is 6.51. The number of hydrogen-bond donors (Lipinski definition) is 1. The summed E-state index contributed by atoms with van der Waals surface area (Å²) in [5, 5.41) is 3.56. The number of nitrogens with one attached hydrogen (secondary N) is 1. The summed E-state index contributed by atoms with van der Waals surface area (Å²) in [4.78, 5) is 0. The van der Waals surface area contributed by atoms with Crippen LogP contribution in [0.2, 0.25) is 0 Å². The Hall–Kier alpha value is -0.590. The maximum atomic E-state index is 5.81. The summed E-state index contributed by atoms with van der Waals surface area (Å²) < 4.78 is 8.11. The van der Waals surface area contributed by atoms with Gasteiger partial charge in [0.2, 0.25) is 0 Å². The zero-order valence-corrected chi connectivity index (χ0v) is 15.9. The van der Waals surface area contributed by atoms with Gasteiger partial charge in [0.1, 0.15) is 5.75 Å². The number of hydrogen-bond acceptors (Lipinski definition) is 2. The van der Waals surface area contributed by atoms with Crippen LogP contribution < -0.4 is 10.1 Å². The molecule has 1 unspecified atom stereocenters. The minimum atomic E-state index is 0.128. The van der Waals surface area contributed by atoms with Crippen molar-refractivity contribution in [2.75, 3.05) is 13.2 Å². The van der Waals surface area contributed by atoms with Gasteiger partial charge in [-0.3, -0.25) is 0 Å². The van der Waals surface area contributed by atoms with Crippen LogP contribution >= 0.6 is 38.5 Å². The third-order valence-electron chi connectivity index (χ3n) is 3.17. The molecule has 0 bridgehead atoms. The third-order valence-corrected chi connectivity index (χ3v) is 4.34. The highest BCUT2D eigenvalue weighted by Gasteiger charge is 2.18. The van der Waals surface area contributed by atoms with Crippen LogP contribution in [-0.2, 0) is 0 Å². The molecule has 0 saturated heterocycles. The summed E-state index contributed by atoms with van der Waals surface area (Å²) in [7, 11) is 0. The summed E-state index contributed by atoms with van der Waals surface area (Å²) >= 11 is 5.92. The summed E-state index contributed by atoms with van der Waals surface area (Å²) in [6.45, 7) is 5.70. The minimum absolute atomic E-state index is 0.128. The Morgan fingerprint density at radius 1 is 1.19 bits per heavy atom. The quantitative estimate of drug-likeness (QED) is 0.603. The fourth-order valence-corrected chi connectivity index (χ4v) is 3.28. The lowest BCUT2D eigenvalue weighted by atomic mass is 9.98. The summed E-state index contributed by atoms with van der Waals surface area (Å²) in [5.74, 6) is 0.936. The van der Waals surface area contributed by atoms with Crippen LogP contribution in [0.5, 0.6) is 5.75 Å². The molecule has 2 nitrogen and oxygen atoms in total. The van der Waals surface area contributed by atoms with Gasteiger partial charge in [0, 0.05) is 13.6 Å². The fraction of sp³-hybridized carbons (Fsp3) is 0.294. The first-order valence-electron chi connectivity index (χ1n) is 7.06. The first kappa shape index (κ1) is 16.8. The van der Waals surface area contributed by atoms with Gasteiger partial charge in [-0.05, 0) is 72.0 Å². The second-order valence-corrected chi connectivity index (χ2v) is 6.82. The Morgan fingerprint density at radius 3 is 2.67 bits per heavy atom. The molecule has 2 rings (SSSR count). The molecular weight excluding hydrogens is 441 g/mol. The highest BCUT2D eigenvalue weighted by Crippen LogP contribution is 2.33. The van der Waals surface area contributed by atoms with Crippen molar-refractivity contribution in [1.29, 1.82) is 0 Å². The van der Waals surface area contributed by atoms with Gasteiger partial charge in [-0.2, -0.15) is 0 Å². The van der Waals surface area contributed by atoms with E-state index in [1.54, 1.807) is 0 Å². The zero-order valence-electron chi connectivity index (χ0n) is 12.2. The molecule has 0 amide bonds. The first-order valence-corrected chi connectivity index (χ1v) is 8.94. The molecule has 0 saturated carbocycles. The predicted octanol–water partition coefficient (Wildman–Crippen LogP) is 5.15. The molecule has 0 radical (unpaired) electrons. The molecule has 1 atom stereocenters. The first-order chi connectivity index (χ1) is 10.2. The van der Waals surface area contributed by atoms with Crippen LogP contribution in [-0.4, -0.2) is 13.2 Å².